The second-order valence-electron chi connectivity index (χ2n) is 11.7. The van der Waals surface area contributed by atoms with E-state index < -0.39 is 42.1 Å². The lowest BCUT2D eigenvalue weighted by Crippen LogP contribution is -2.53. The van der Waals surface area contributed by atoms with Crippen molar-refractivity contribution in [3.63, 3.8) is 0 Å². The zero-order valence-corrected chi connectivity index (χ0v) is 29.3. The molecule has 4 amide bonds. The van der Waals surface area contributed by atoms with Gasteiger partial charge in [0.15, 0.2) is 6.10 Å². The maximum atomic E-state index is 12.5. The van der Waals surface area contributed by atoms with Crippen LogP contribution in [0, 0.1) is 0 Å². The number of rotatable bonds is 21. The Bertz CT molecular complexity index is 1590. The molecular formula is C37H44N4O10S. The van der Waals surface area contributed by atoms with Gasteiger partial charge in [-0.15, -0.1) is 0 Å². The van der Waals surface area contributed by atoms with Gasteiger partial charge in [-0.25, -0.2) is 4.79 Å². The van der Waals surface area contributed by atoms with Crippen LogP contribution < -0.4 is 26.0 Å². The molecule has 0 aromatic heterocycles. The van der Waals surface area contributed by atoms with E-state index >= 15 is 0 Å². The van der Waals surface area contributed by atoms with Gasteiger partial charge in [0, 0.05) is 31.6 Å². The van der Waals surface area contributed by atoms with Gasteiger partial charge in [-0.2, -0.15) is 12.6 Å². The molecule has 0 spiro atoms. The van der Waals surface area contributed by atoms with Crippen LogP contribution in [0.2, 0.25) is 0 Å². The fourth-order valence-corrected chi connectivity index (χ4v) is 4.94. The molecule has 1 heterocycles. The molecule has 4 rings (SSSR count). The van der Waals surface area contributed by atoms with Crippen molar-refractivity contribution in [2.75, 3.05) is 18.9 Å². The zero-order chi connectivity index (χ0) is 37.7. The van der Waals surface area contributed by atoms with Crippen LogP contribution in [0.5, 0.6) is 5.75 Å². The van der Waals surface area contributed by atoms with Crippen LogP contribution in [0.25, 0.3) is 0 Å². The van der Waals surface area contributed by atoms with Gasteiger partial charge in [0.05, 0.1) is 6.61 Å². The van der Waals surface area contributed by atoms with E-state index in [2.05, 4.69) is 33.9 Å². The lowest BCUT2D eigenvalue weighted by molar-refractivity contribution is -0.142. The number of ether oxygens (including phenoxy) is 2. The van der Waals surface area contributed by atoms with Crippen molar-refractivity contribution >= 4 is 48.7 Å². The van der Waals surface area contributed by atoms with E-state index in [9.17, 15) is 33.9 Å². The molecule has 1 unspecified atom stereocenters. The summed E-state index contributed by atoms with van der Waals surface area (Å²) in [5.74, 6) is -2.15. The number of benzene rings is 3. The first-order valence-electron chi connectivity index (χ1n) is 16.6. The molecule has 3 aromatic rings. The second kappa shape index (κ2) is 22.4. The van der Waals surface area contributed by atoms with Gasteiger partial charge < -0.3 is 41.0 Å². The molecule has 0 bridgehead atoms. The lowest BCUT2D eigenvalue weighted by Gasteiger charge is -2.22. The van der Waals surface area contributed by atoms with Gasteiger partial charge in [-0.1, -0.05) is 72.8 Å². The second-order valence-corrected chi connectivity index (χ2v) is 12.2. The highest BCUT2D eigenvalue weighted by Crippen LogP contribution is 2.16. The van der Waals surface area contributed by atoms with Gasteiger partial charge in [-0.05, 0) is 41.7 Å². The molecule has 1 saturated heterocycles. The van der Waals surface area contributed by atoms with Crippen LogP contribution in [-0.4, -0.2) is 89.4 Å². The van der Waals surface area contributed by atoms with E-state index in [1.807, 2.05) is 60.7 Å². The molecule has 6 N–H and O–H groups in total. The quantitative estimate of drug-likeness (QED) is 0.0480. The van der Waals surface area contributed by atoms with Gasteiger partial charge in [-0.3, -0.25) is 24.0 Å². The number of amides is 4. The molecule has 52 heavy (non-hydrogen) atoms. The summed E-state index contributed by atoms with van der Waals surface area (Å²) in [4.78, 5) is 69.3. The molecule has 0 saturated carbocycles. The average Bonchev–Trinajstić information content (AvgIpc) is 4.00. The molecule has 4 atom stereocenters. The fraction of sp³-hybridized carbons (Fsp3) is 0.351. The van der Waals surface area contributed by atoms with Gasteiger partial charge in [0.2, 0.25) is 18.2 Å². The Kier molecular flexibility index (Phi) is 17.7. The Morgan fingerprint density at radius 3 is 1.96 bits per heavy atom. The standard InChI is InChI=1S/C19H19NO5.C18H25N3O5S/c21-18(17-12-25-17)20-16(19(22)23)10-13-6-8-15(9-7-13)24-11-14-4-2-1-3-5-14;22-12-20-14(7-4-8-16(23)24)18(26)21-15(17(25)19-9-10-27)11-13-5-2-1-3-6-13/h1-9,16-17H,10-12H2,(H,20,21)(H,22,23);1-3,5-6,12,14-15,27H,4,7-11H2,(H,19,25)(H,20,22)(H,21,26)(H,23,24)/t16-,17-;14-,15?/m00/s1. The van der Waals surface area contributed by atoms with Crippen molar-refractivity contribution in [2.45, 2.75) is 62.9 Å². The van der Waals surface area contributed by atoms with Crippen LogP contribution in [0.1, 0.15) is 36.0 Å². The van der Waals surface area contributed by atoms with Crippen LogP contribution in [-0.2, 0) is 53.0 Å². The summed E-state index contributed by atoms with van der Waals surface area (Å²) in [6, 6.07) is 23.5. The van der Waals surface area contributed by atoms with Gasteiger partial charge in [0.1, 0.15) is 30.5 Å². The summed E-state index contributed by atoms with van der Waals surface area (Å²) in [6.45, 7) is 1.18. The largest absolute Gasteiger partial charge is 0.489 e. The number of nitrogens with one attached hydrogen (secondary N) is 4. The van der Waals surface area contributed by atoms with Crippen molar-refractivity contribution in [1.29, 1.82) is 0 Å². The Morgan fingerprint density at radius 1 is 0.808 bits per heavy atom. The van der Waals surface area contributed by atoms with E-state index in [4.69, 9.17) is 14.6 Å². The number of hydrogen-bond donors (Lipinski definition) is 7. The van der Waals surface area contributed by atoms with Crippen molar-refractivity contribution in [1.82, 2.24) is 21.3 Å². The molecule has 1 fully saturated rings. The van der Waals surface area contributed by atoms with Crippen LogP contribution in [0.3, 0.4) is 0 Å². The predicted molar refractivity (Wildman–Crippen MR) is 194 cm³/mol. The molecule has 14 nitrogen and oxygen atoms in total. The number of carbonyl (C=O) groups excluding carboxylic acids is 4. The van der Waals surface area contributed by atoms with Crippen molar-refractivity contribution in [2.24, 2.45) is 0 Å². The topological polar surface area (TPSA) is 213 Å². The Balaban J connectivity index is 0.000000281. The highest BCUT2D eigenvalue weighted by Gasteiger charge is 2.34. The third-order valence-corrected chi connectivity index (χ3v) is 7.87. The van der Waals surface area contributed by atoms with Crippen LogP contribution in [0.15, 0.2) is 84.9 Å². The van der Waals surface area contributed by atoms with E-state index in [0.717, 1.165) is 16.7 Å². The third-order valence-electron chi connectivity index (χ3n) is 7.65. The Labute approximate surface area is 307 Å². The van der Waals surface area contributed by atoms with E-state index in [0.29, 0.717) is 37.7 Å². The van der Waals surface area contributed by atoms with E-state index in [-0.39, 0.29) is 43.9 Å². The molecule has 1 aliphatic heterocycles. The zero-order valence-electron chi connectivity index (χ0n) is 28.4. The smallest absolute Gasteiger partial charge is 0.326 e. The van der Waals surface area contributed by atoms with E-state index in [1.54, 1.807) is 24.3 Å². The number of hydrogen-bond acceptors (Lipinski definition) is 9. The number of carboxylic acid groups (broad SMARTS) is 2. The number of epoxide rings is 1. The summed E-state index contributed by atoms with van der Waals surface area (Å²) < 4.78 is 10.6. The monoisotopic (exact) mass is 736 g/mol. The minimum atomic E-state index is -1.07. The first-order chi connectivity index (χ1) is 25.1. The summed E-state index contributed by atoms with van der Waals surface area (Å²) in [5, 5.41) is 28.2. The molecule has 1 aliphatic rings. The van der Waals surface area contributed by atoms with Gasteiger partial charge in [0.25, 0.3) is 5.91 Å². The first-order valence-corrected chi connectivity index (χ1v) is 17.3. The number of carbonyl (C=O) groups is 6. The SMILES string of the molecule is O=C(O)[C@H](Cc1ccc(OCc2ccccc2)cc1)NC(=O)[C@@H]1CO1.O=CN[C@@H](CCCC(=O)O)C(=O)NC(Cc1ccccc1)C(=O)NCCS. The van der Waals surface area contributed by atoms with Gasteiger partial charge >= 0.3 is 11.9 Å². The fourth-order valence-electron chi connectivity index (χ4n) is 4.83. The molecule has 0 radical (unpaired) electrons. The number of thiol groups is 1. The maximum Gasteiger partial charge on any atom is 0.326 e. The Hall–Kier alpha value is -5.41. The van der Waals surface area contributed by atoms with Crippen LogP contribution in [0.4, 0.5) is 0 Å². The number of carboxylic acids is 2. The van der Waals surface area contributed by atoms with Crippen molar-refractivity contribution < 1.29 is 48.5 Å². The minimum absolute atomic E-state index is 0.111. The van der Waals surface area contributed by atoms with Crippen LogP contribution >= 0.6 is 12.6 Å². The highest BCUT2D eigenvalue weighted by atomic mass is 32.1. The molecular weight excluding hydrogens is 692 g/mol. The third kappa shape index (κ3) is 15.6. The molecule has 3 aromatic carbocycles. The average molecular weight is 737 g/mol. The number of aliphatic carboxylic acids is 2. The predicted octanol–water partition coefficient (Wildman–Crippen LogP) is 1.91. The Morgan fingerprint density at radius 2 is 1.40 bits per heavy atom. The molecule has 15 heteroatoms. The minimum Gasteiger partial charge on any atom is -0.489 e. The molecule has 278 valence electrons. The maximum absolute atomic E-state index is 12.5. The highest BCUT2D eigenvalue weighted by molar-refractivity contribution is 7.80. The lowest BCUT2D eigenvalue weighted by atomic mass is 10.0. The first kappa shape index (κ1) is 41.0. The van der Waals surface area contributed by atoms with E-state index in [1.165, 1.54) is 0 Å². The summed E-state index contributed by atoms with van der Waals surface area (Å²) in [5.41, 5.74) is 2.74. The van der Waals surface area contributed by atoms with Crippen molar-refractivity contribution in [3.8, 4) is 5.75 Å². The normalized spacial score (nSPS) is 14.5. The summed E-state index contributed by atoms with van der Waals surface area (Å²) >= 11 is 4.05. The van der Waals surface area contributed by atoms with Crippen molar-refractivity contribution in [3.05, 3.63) is 102 Å². The molecule has 0 aliphatic carbocycles. The summed E-state index contributed by atoms with van der Waals surface area (Å²) in [6.07, 6.45) is 0.644. The summed E-state index contributed by atoms with van der Waals surface area (Å²) in [7, 11) is 0.